The van der Waals surface area contributed by atoms with Crippen molar-refractivity contribution in [1.82, 2.24) is 14.8 Å². The first-order chi connectivity index (χ1) is 13.0. The first kappa shape index (κ1) is 19.9. The predicted octanol–water partition coefficient (Wildman–Crippen LogP) is 5.42. The van der Waals surface area contributed by atoms with E-state index in [-0.39, 0.29) is 11.7 Å². The average molecular weight is 466 g/mol. The van der Waals surface area contributed by atoms with Crippen LogP contribution in [0.5, 0.6) is 0 Å². The Kier molecular flexibility index (Phi) is 6.57. The molecule has 1 N–H and O–H groups in total. The molecule has 0 unspecified atom stereocenters. The lowest BCUT2D eigenvalue weighted by molar-refractivity contribution is -0.113. The zero-order valence-corrected chi connectivity index (χ0v) is 18.0. The maximum Gasteiger partial charge on any atom is 0.234 e. The molecule has 1 heterocycles. The number of nitrogens with zero attached hydrogens (tertiary/aromatic N) is 3. The van der Waals surface area contributed by atoms with Crippen LogP contribution in [0.1, 0.15) is 12.5 Å². The monoisotopic (exact) mass is 464 g/mol. The number of carbonyl (C=O) groups is 1. The second-order valence-corrected chi connectivity index (χ2v) is 8.09. The van der Waals surface area contributed by atoms with Crippen LogP contribution in [-0.2, 0) is 11.3 Å². The van der Waals surface area contributed by atoms with Gasteiger partial charge in [0.2, 0.25) is 5.91 Å². The van der Waals surface area contributed by atoms with Crippen molar-refractivity contribution in [3.8, 4) is 11.4 Å². The van der Waals surface area contributed by atoms with Crippen molar-refractivity contribution in [2.45, 2.75) is 25.5 Å². The van der Waals surface area contributed by atoms with Gasteiger partial charge in [0.05, 0.1) is 10.8 Å². The van der Waals surface area contributed by atoms with Crippen molar-refractivity contribution in [1.29, 1.82) is 0 Å². The van der Waals surface area contributed by atoms with Crippen molar-refractivity contribution >= 4 is 50.9 Å². The van der Waals surface area contributed by atoms with Crippen molar-refractivity contribution in [2.75, 3.05) is 11.1 Å². The minimum absolute atomic E-state index is 0.124. The van der Waals surface area contributed by atoms with E-state index in [1.54, 1.807) is 18.2 Å². The summed E-state index contributed by atoms with van der Waals surface area (Å²) < 4.78 is 2.80. The van der Waals surface area contributed by atoms with E-state index < -0.39 is 0 Å². The maximum atomic E-state index is 12.3. The van der Waals surface area contributed by atoms with E-state index in [1.807, 2.05) is 42.7 Å². The zero-order chi connectivity index (χ0) is 19.4. The smallest absolute Gasteiger partial charge is 0.234 e. The first-order valence-corrected chi connectivity index (χ1v) is 10.5. The Balaban J connectivity index is 1.68. The summed E-state index contributed by atoms with van der Waals surface area (Å²) in [7, 11) is 0. The number of halogens is 2. The molecule has 8 heteroatoms. The Hall–Kier alpha value is -1.83. The van der Waals surface area contributed by atoms with Crippen molar-refractivity contribution in [3.05, 3.63) is 57.5 Å². The fourth-order valence-corrected chi connectivity index (χ4v) is 3.73. The third-order valence-electron chi connectivity index (χ3n) is 3.88. The van der Waals surface area contributed by atoms with Gasteiger partial charge in [-0.3, -0.25) is 4.79 Å². The number of benzene rings is 2. The topological polar surface area (TPSA) is 59.8 Å². The molecule has 3 aromatic rings. The molecule has 0 atom stereocenters. The van der Waals surface area contributed by atoms with Crippen LogP contribution in [0.2, 0.25) is 5.02 Å². The summed E-state index contributed by atoms with van der Waals surface area (Å²) in [6, 6.07) is 13.5. The third-order valence-corrected chi connectivity index (χ3v) is 6.08. The van der Waals surface area contributed by atoms with Crippen LogP contribution in [0.3, 0.4) is 0 Å². The summed E-state index contributed by atoms with van der Waals surface area (Å²) in [5, 5.41) is 12.7. The fraction of sp³-hybridized carbons (Fsp3) is 0.211. The van der Waals surface area contributed by atoms with E-state index in [4.69, 9.17) is 11.6 Å². The number of hydrogen-bond acceptors (Lipinski definition) is 4. The van der Waals surface area contributed by atoms with Crippen molar-refractivity contribution in [3.63, 3.8) is 0 Å². The number of aryl methyl sites for hydroxylation is 1. The highest BCUT2D eigenvalue weighted by Crippen LogP contribution is 2.27. The van der Waals surface area contributed by atoms with Gasteiger partial charge in [-0.25, -0.2) is 0 Å². The van der Waals surface area contributed by atoms with Gasteiger partial charge in [-0.2, -0.15) is 0 Å². The zero-order valence-electron chi connectivity index (χ0n) is 14.9. The second kappa shape index (κ2) is 8.91. The Bertz CT molecular complexity index is 959. The number of thioether (sulfide) groups is 1. The van der Waals surface area contributed by atoms with Crippen molar-refractivity contribution < 1.29 is 4.79 Å². The third kappa shape index (κ3) is 4.91. The molecule has 27 heavy (non-hydrogen) atoms. The molecule has 0 radical (unpaired) electrons. The largest absolute Gasteiger partial charge is 0.325 e. The number of hydrogen-bond donors (Lipinski definition) is 1. The van der Waals surface area contributed by atoms with Gasteiger partial charge < -0.3 is 9.88 Å². The highest BCUT2D eigenvalue weighted by atomic mass is 79.9. The number of carbonyl (C=O) groups excluding carboxylic acids is 1. The summed E-state index contributed by atoms with van der Waals surface area (Å²) in [4.78, 5) is 12.3. The lowest BCUT2D eigenvalue weighted by atomic mass is 10.1. The van der Waals surface area contributed by atoms with Gasteiger partial charge in [-0.1, -0.05) is 53.2 Å². The Morgan fingerprint density at radius 2 is 1.96 bits per heavy atom. The van der Waals surface area contributed by atoms with E-state index in [0.717, 1.165) is 27.6 Å². The van der Waals surface area contributed by atoms with Crippen LogP contribution < -0.4 is 5.32 Å². The highest BCUT2D eigenvalue weighted by Gasteiger charge is 2.14. The van der Waals surface area contributed by atoms with E-state index in [9.17, 15) is 4.79 Å². The van der Waals surface area contributed by atoms with Gasteiger partial charge in [-0.05, 0) is 48.0 Å². The van der Waals surface area contributed by atoms with Crippen LogP contribution >= 0.6 is 39.3 Å². The molecule has 1 aromatic heterocycles. The standard InChI is InChI=1S/C19H18BrClN4OS/c1-3-25-18(13-6-4-12(2)5-7-13)23-24-19(25)27-11-17(26)22-14-8-9-15(20)16(21)10-14/h4-10H,3,11H2,1-2H3,(H,22,26). The molecule has 0 saturated carbocycles. The molecule has 0 aliphatic heterocycles. The van der Waals surface area contributed by atoms with E-state index in [2.05, 4.69) is 31.4 Å². The molecule has 0 bridgehead atoms. The summed E-state index contributed by atoms with van der Waals surface area (Å²) >= 11 is 10.7. The van der Waals surface area contributed by atoms with E-state index in [0.29, 0.717) is 10.7 Å². The quantitative estimate of drug-likeness (QED) is 0.494. The number of nitrogens with one attached hydrogen (secondary N) is 1. The van der Waals surface area contributed by atoms with Crippen LogP contribution in [0, 0.1) is 6.92 Å². The molecule has 140 valence electrons. The predicted molar refractivity (Wildman–Crippen MR) is 114 cm³/mol. The minimum Gasteiger partial charge on any atom is -0.325 e. The molecular formula is C19H18BrClN4OS. The van der Waals surface area contributed by atoms with Gasteiger partial charge in [0.1, 0.15) is 0 Å². The summed E-state index contributed by atoms with van der Waals surface area (Å²) in [5.41, 5.74) is 2.86. The summed E-state index contributed by atoms with van der Waals surface area (Å²) in [5.74, 6) is 0.917. The van der Waals surface area contributed by atoms with Crippen molar-refractivity contribution in [2.24, 2.45) is 0 Å². The van der Waals surface area contributed by atoms with Gasteiger partial charge in [0.25, 0.3) is 0 Å². The first-order valence-electron chi connectivity index (χ1n) is 8.36. The molecule has 0 aliphatic carbocycles. The summed E-state index contributed by atoms with van der Waals surface area (Å²) in [6.45, 7) is 4.81. The molecule has 5 nitrogen and oxygen atoms in total. The average Bonchev–Trinajstić information content (AvgIpc) is 3.06. The molecule has 0 fully saturated rings. The summed E-state index contributed by atoms with van der Waals surface area (Å²) in [6.07, 6.45) is 0. The Morgan fingerprint density at radius 3 is 2.63 bits per heavy atom. The number of anilines is 1. The number of aromatic nitrogens is 3. The normalized spacial score (nSPS) is 10.8. The number of rotatable bonds is 6. The van der Waals surface area contributed by atoms with Gasteiger partial charge in [-0.15, -0.1) is 10.2 Å². The van der Waals surface area contributed by atoms with Crippen LogP contribution in [0.15, 0.2) is 52.1 Å². The molecule has 0 spiro atoms. The van der Waals surface area contributed by atoms with Crippen LogP contribution in [0.25, 0.3) is 11.4 Å². The Morgan fingerprint density at radius 1 is 1.22 bits per heavy atom. The number of amides is 1. The highest BCUT2D eigenvalue weighted by molar-refractivity contribution is 9.10. The Labute approximate surface area is 175 Å². The molecule has 1 amide bonds. The van der Waals surface area contributed by atoms with Gasteiger partial charge in [0, 0.05) is 22.3 Å². The fourth-order valence-electron chi connectivity index (χ4n) is 2.50. The molecule has 2 aromatic carbocycles. The molecule has 3 rings (SSSR count). The molecular weight excluding hydrogens is 448 g/mol. The van der Waals surface area contributed by atoms with Crippen LogP contribution in [-0.4, -0.2) is 26.4 Å². The SMILES string of the molecule is CCn1c(SCC(=O)Nc2ccc(Br)c(Cl)c2)nnc1-c1ccc(C)cc1. The molecule has 0 aliphatic rings. The lowest BCUT2D eigenvalue weighted by Gasteiger charge is -2.08. The van der Waals surface area contributed by atoms with Gasteiger partial charge in [0.15, 0.2) is 11.0 Å². The minimum atomic E-state index is -0.124. The van der Waals surface area contributed by atoms with Crippen LogP contribution in [0.4, 0.5) is 5.69 Å². The lowest BCUT2D eigenvalue weighted by Crippen LogP contribution is -2.14. The second-order valence-electron chi connectivity index (χ2n) is 5.88. The molecule has 0 saturated heterocycles. The van der Waals surface area contributed by atoms with Gasteiger partial charge >= 0.3 is 0 Å². The van der Waals surface area contributed by atoms with E-state index >= 15 is 0 Å². The maximum absolute atomic E-state index is 12.3. The van der Waals surface area contributed by atoms with E-state index in [1.165, 1.54) is 17.3 Å².